The topological polar surface area (TPSA) is 50.9 Å². The van der Waals surface area contributed by atoms with Crippen molar-refractivity contribution in [2.24, 2.45) is 0 Å². The predicted molar refractivity (Wildman–Crippen MR) is 62.9 cm³/mol. The van der Waals surface area contributed by atoms with Gasteiger partial charge in [-0.15, -0.1) is 11.8 Å². The molecule has 0 saturated carbocycles. The van der Waals surface area contributed by atoms with Gasteiger partial charge in [-0.25, -0.2) is 4.98 Å². The maximum atomic E-state index is 5.55. The Kier molecular flexibility index (Phi) is 3.67. The summed E-state index contributed by atoms with van der Waals surface area (Å²) in [6.07, 6.45) is 5.80. The molecule has 78 valence electrons. The number of hydrogen-bond acceptors (Lipinski definition) is 5. The quantitative estimate of drug-likeness (QED) is 0.775. The van der Waals surface area contributed by atoms with Crippen LogP contribution in [0.3, 0.4) is 0 Å². The molecule has 1 aromatic heterocycles. The van der Waals surface area contributed by atoms with Crippen molar-refractivity contribution in [3.63, 3.8) is 0 Å². The van der Waals surface area contributed by atoms with E-state index in [1.54, 1.807) is 11.3 Å². The number of rotatable bonds is 4. The van der Waals surface area contributed by atoms with E-state index in [0.29, 0.717) is 5.13 Å². The Morgan fingerprint density at radius 3 is 3.29 bits per heavy atom. The number of nitrogens with zero attached hydrogens (tertiary/aromatic N) is 1. The molecule has 0 spiro atoms. The van der Waals surface area contributed by atoms with Gasteiger partial charge in [0.05, 0.1) is 10.4 Å². The van der Waals surface area contributed by atoms with E-state index in [9.17, 15) is 0 Å². The van der Waals surface area contributed by atoms with E-state index in [-0.39, 0.29) is 0 Å². The van der Waals surface area contributed by atoms with Crippen molar-refractivity contribution in [3.8, 4) is 0 Å². The van der Waals surface area contributed by atoms with Crippen LogP contribution in [-0.4, -0.2) is 23.3 Å². The van der Waals surface area contributed by atoms with Crippen molar-refractivity contribution < 1.29 is 0 Å². The van der Waals surface area contributed by atoms with Crippen molar-refractivity contribution >= 4 is 28.2 Å². The Morgan fingerprint density at radius 2 is 2.64 bits per heavy atom. The van der Waals surface area contributed by atoms with Crippen LogP contribution in [0.5, 0.6) is 0 Å². The first kappa shape index (κ1) is 10.3. The highest BCUT2D eigenvalue weighted by molar-refractivity contribution is 8.01. The van der Waals surface area contributed by atoms with Gasteiger partial charge < -0.3 is 11.1 Å². The van der Waals surface area contributed by atoms with Gasteiger partial charge in [0.1, 0.15) is 0 Å². The first-order chi connectivity index (χ1) is 6.84. The van der Waals surface area contributed by atoms with Crippen LogP contribution >= 0.6 is 23.1 Å². The van der Waals surface area contributed by atoms with Crippen molar-refractivity contribution in [2.45, 2.75) is 29.5 Å². The number of thioether (sulfide) groups is 1. The first-order valence-corrected chi connectivity index (χ1v) is 6.72. The van der Waals surface area contributed by atoms with Crippen molar-refractivity contribution in [1.82, 2.24) is 10.3 Å². The summed E-state index contributed by atoms with van der Waals surface area (Å²) >= 11 is 3.44. The molecule has 1 aromatic rings. The SMILES string of the molecule is Nc1ncc(SCCC2CCCN2)s1. The highest BCUT2D eigenvalue weighted by Crippen LogP contribution is 2.27. The zero-order valence-electron chi connectivity index (χ0n) is 8.03. The van der Waals surface area contributed by atoms with Crippen LogP contribution in [0.15, 0.2) is 10.4 Å². The van der Waals surface area contributed by atoms with E-state index in [1.165, 1.54) is 35.8 Å². The first-order valence-electron chi connectivity index (χ1n) is 4.92. The Bertz CT molecular complexity index is 281. The molecule has 14 heavy (non-hydrogen) atoms. The third-order valence-electron chi connectivity index (χ3n) is 2.38. The fourth-order valence-electron chi connectivity index (χ4n) is 1.64. The standard InChI is InChI=1S/C9H15N3S2/c10-9-12-6-8(14-9)13-5-3-7-2-1-4-11-7/h6-7,11H,1-5H2,(H2,10,12). The molecular formula is C9H15N3S2. The molecule has 1 aliphatic rings. The fraction of sp³-hybridized carbons (Fsp3) is 0.667. The van der Waals surface area contributed by atoms with Crippen LogP contribution in [0.1, 0.15) is 19.3 Å². The molecule has 1 unspecified atom stereocenters. The lowest BCUT2D eigenvalue weighted by atomic mass is 10.2. The number of thiazole rings is 1. The minimum atomic E-state index is 0.673. The number of anilines is 1. The summed E-state index contributed by atoms with van der Waals surface area (Å²) < 4.78 is 1.24. The molecule has 3 nitrogen and oxygen atoms in total. The highest BCUT2D eigenvalue weighted by atomic mass is 32.2. The van der Waals surface area contributed by atoms with Gasteiger partial charge in [-0.3, -0.25) is 0 Å². The monoisotopic (exact) mass is 229 g/mol. The van der Waals surface area contributed by atoms with Crippen LogP contribution in [0, 0.1) is 0 Å². The van der Waals surface area contributed by atoms with Crippen molar-refractivity contribution in [1.29, 1.82) is 0 Å². The third kappa shape index (κ3) is 2.87. The molecule has 0 bridgehead atoms. The molecule has 1 fully saturated rings. The van der Waals surface area contributed by atoms with Gasteiger partial charge in [0.25, 0.3) is 0 Å². The van der Waals surface area contributed by atoms with Gasteiger partial charge in [0, 0.05) is 11.8 Å². The number of hydrogen-bond donors (Lipinski definition) is 2. The molecule has 1 aliphatic heterocycles. The van der Waals surface area contributed by atoms with Gasteiger partial charge in [0.2, 0.25) is 0 Å². The van der Waals surface area contributed by atoms with Crippen LogP contribution in [0.2, 0.25) is 0 Å². The molecule has 2 heterocycles. The second-order valence-corrected chi connectivity index (χ2v) is 5.91. The molecule has 3 N–H and O–H groups in total. The Balaban J connectivity index is 1.67. The second kappa shape index (κ2) is 5.00. The summed E-state index contributed by atoms with van der Waals surface area (Å²) in [6.45, 7) is 1.20. The average Bonchev–Trinajstić information content (AvgIpc) is 2.77. The van der Waals surface area contributed by atoms with Gasteiger partial charge in [-0.05, 0) is 25.8 Å². The minimum absolute atomic E-state index is 0.673. The third-order valence-corrected chi connectivity index (χ3v) is 4.43. The lowest BCUT2D eigenvalue weighted by Crippen LogP contribution is -2.21. The zero-order chi connectivity index (χ0) is 9.80. The van der Waals surface area contributed by atoms with E-state index in [0.717, 1.165) is 6.04 Å². The Hall–Kier alpha value is -0.260. The molecule has 0 aliphatic carbocycles. The summed E-state index contributed by atoms with van der Waals surface area (Å²) in [4.78, 5) is 4.03. The second-order valence-electron chi connectivity index (χ2n) is 3.45. The molecular weight excluding hydrogens is 214 g/mol. The predicted octanol–water partition coefficient (Wildman–Crippen LogP) is 1.96. The maximum absolute atomic E-state index is 5.55. The highest BCUT2D eigenvalue weighted by Gasteiger charge is 2.13. The van der Waals surface area contributed by atoms with Gasteiger partial charge >= 0.3 is 0 Å². The molecule has 5 heteroatoms. The molecule has 0 aromatic carbocycles. The number of nitrogens with two attached hydrogens (primary N) is 1. The number of nitrogen functional groups attached to an aromatic ring is 1. The van der Waals surface area contributed by atoms with Gasteiger partial charge in [0.15, 0.2) is 5.13 Å². The van der Waals surface area contributed by atoms with Crippen LogP contribution in [0.25, 0.3) is 0 Å². The Labute approximate surface area is 92.5 Å². The molecule has 1 saturated heterocycles. The van der Waals surface area contributed by atoms with Gasteiger partial charge in [-0.2, -0.15) is 0 Å². The summed E-state index contributed by atoms with van der Waals surface area (Å²) in [5.41, 5.74) is 5.55. The van der Waals surface area contributed by atoms with E-state index < -0.39 is 0 Å². The summed E-state index contributed by atoms with van der Waals surface area (Å²) in [5, 5.41) is 4.17. The van der Waals surface area contributed by atoms with Crippen molar-refractivity contribution in [2.75, 3.05) is 18.0 Å². The number of nitrogens with one attached hydrogen (secondary N) is 1. The maximum Gasteiger partial charge on any atom is 0.181 e. The van der Waals surface area contributed by atoms with E-state index in [4.69, 9.17) is 5.73 Å². The van der Waals surface area contributed by atoms with Crippen LogP contribution in [0.4, 0.5) is 5.13 Å². The molecule has 2 rings (SSSR count). The fourth-order valence-corrected chi connectivity index (χ4v) is 3.53. The van der Waals surface area contributed by atoms with E-state index in [2.05, 4.69) is 10.3 Å². The molecule has 1 atom stereocenters. The largest absolute Gasteiger partial charge is 0.375 e. The van der Waals surface area contributed by atoms with Crippen LogP contribution in [-0.2, 0) is 0 Å². The lowest BCUT2D eigenvalue weighted by molar-refractivity contribution is 0.592. The smallest absolute Gasteiger partial charge is 0.181 e. The normalized spacial score (nSPS) is 21.6. The van der Waals surface area contributed by atoms with Crippen molar-refractivity contribution in [3.05, 3.63) is 6.20 Å². The zero-order valence-corrected chi connectivity index (χ0v) is 9.66. The van der Waals surface area contributed by atoms with Gasteiger partial charge in [-0.1, -0.05) is 11.3 Å². The van der Waals surface area contributed by atoms with E-state index in [1.807, 2.05) is 18.0 Å². The minimum Gasteiger partial charge on any atom is -0.375 e. The van der Waals surface area contributed by atoms with E-state index >= 15 is 0 Å². The number of aromatic nitrogens is 1. The van der Waals surface area contributed by atoms with Crippen LogP contribution < -0.4 is 11.1 Å². The lowest BCUT2D eigenvalue weighted by Gasteiger charge is -2.07. The summed E-state index contributed by atoms with van der Waals surface area (Å²) in [5.74, 6) is 1.17. The summed E-state index contributed by atoms with van der Waals surface area (Å²) in [6, 6.07) is 0.743. The summed E-state index contributed by atoms with van der Waals surface area (Å²) in [7, 11) is 0. The average molecular weight is 229 g/mol. The molecule has 0 radical (unpaired) electrons. The Morgan fingerprint density at radius 1 is 1.71 bits per heavy atom. The molecule has 0 amide bonds.